The molecule has 1 rings (SSSR count). The lowest BCUT2D eigenvalue weighted by Gasteiger charge is -2.34. The number of likely N-dealkylation sites (N-methyl/N-ethyl adjacent to an activating group) is 1. The van der Waals surface area contributed by atoms with Crippen LogP contribution in [0.25, 0.3) is 0 Å². The van der Waals surface area contributed by atoms with Crippen molar-refractivity contribution in [2.75, 3.05) is 20.2 Å². The third-order valence-electron chi connectivity index (χ3n) is 2.80. The van der Waals surface area contributed by atoms with Crippen LogP contribution in [-0.2, 0) is 9.53 Å². The summed E-state index contributed by atoms with van der Waals surface area (Å²) in [5.41, 5.74) is 0. The second-order valence-electron chi connectivity index (χ2n) is 3.89. The van der Waals surface area contributed by atoms with Crippen molar-refractivity contribution in [2.24, 2.45) is 0 Å². The highest BCUT2D eigenvalue weighted by molar-refractivity contribution is 5.69. The van der Waals surface area contributed by atoms with Gasteiger partial charge in [0.05, 0.1) is 12.6 Å². The molecule has 4 nitrogen and oxygen atoms in total. The summed E-state index contributed by atoms with van der Waals surface area (Å²) in [4.78, 5) is 12.4. The first-order chi connectivity index (χ1) is 6.63. The van der Waals surface area contributed by atoms with Gasteiger partial charge in [-0.1, -0.05) is 6.92 Å². The Balaban J connectivity index is 2.38. The Bertz CT molecular complexity index is 196. The highest BCUT2D eigenvalue weighted by Crippen LogP contribution is 2.19. The molecule has 1 aliphatic rings. The summed E-state index contributed by atoms with van der Waals surface area (Å²) < 4.78 is 5.54. The number of aliphatic carboxylic acids is 1. The summed E-state index contributed by atoms with van der Waals surface area (Å²) in [5, 5.41) is 8.66. The Hall–Kier alpha value is -0.610. The van der Waals surface area contributed by atoms with E-state index in [1.54, 1.807) is 0 Å². The minimum Gasteiger partial charge on any atom is -0.480 e. The van der Waals surface area contributed by atoms with Crippen molar-refractivity contribution in [3.63, 3.8) is 0 Å². The highest BCUT2D eigenvalue weighted by atomic mass is 16.5. The van der Waals surface area contributed by atoms with E-state index in [0.29, 0.717) is 12.1 Å². The van der Waals surface area contributed by atoms with E-state index in [9.17, 15) is 4.79 Å². The van der Waals surface area contributed by atoms with Gasteiger partial charge >= 0.3 is 5.97 Å². The topological polar surface area (TPSA) is 49.8 Å². The quantitative estimate of drug-likeness (QED) is 0.736. The number of hydrogen-bond donors (Lipinski definition) is 1. The van der Waals surface area contributed by atoms with Gasteiger partial charge in [-0.15, -0.1) is 0 Å². The highest BCUT2D eigenvalue weighted by Gasteiger charge is 2.25. The Labute approximate surface area is 84.8 Å². The van der Waals surface area contributed by atoms with Crippen LogP contribution in [0.5, 0.6) is 0 Å². The standard InChI is InChI=1S/C10H19NO3/c1-3-9-6-8(4-5-14-9)11(2)7-10(12)13/h8-9H,3-7H2,1-2H3,(H,12,13). The van der Waals surface area contributed by atoms with Gasteiger partial charge in [-0.05, 0) is 26.3 Å². The van der Waals surface area contributed by atoms with Crippen molar-refractivity contribution in [1.82, 2.24) is 4.90 Å². The first-order valence-electron chi connectivity index (χ1n) is 5.17. The Morgan fingerprint density at radius 1 is 1.64 bits per heavy atom. The second-order valence-corrected chi connectivity index (χ2v) is 3.89. The first-order valence-corrected chi connectivity index (χ1v) is 5.17. The maximum atomic E-state index is 10.5. The smallest absolute Gasteiger partial charge is 0.317 e. The monoisotopic (exact) mass is 201 g/mol. The number of carboxylic acids is 1. The van der Waals surface area contributed by atoms with E-state index < -0.39 is 5.97 Å². The first kappa shape index (κ1) is 11.5. The molecule has 4 heteroatoms. The van der Waals surface area contributed by atoms with Crippen LogP contribution in [0.15, 0.2) is 0 Å². The van der Waals surface area contributed by atoms with E-state index in [1.807, 2.05) is 11.9 Å². The van der Waals surface area contributed by atoms with Crippen LogP contribution < -0.4 is 0 Å². The SMILES string of the molecule is CCC1CC(N(C)CC(=O)O)CCO1. The van der Waals surface area contributed by atoms with E-state index in [0.717, 1.165) is 25.9 Å². The van der Waals surface area contributed by atoms with Gasteiger partial charge in [-0.25, -0.2) is 0 Å². The largest absolute Gasteiger partial charge is 0.480 e. The number of ether oxygens (including phenoxy) is 1. The molecule has 2 unspecified atom stereocenters. The minimum atomic E-state index is -0.757. The Kier molecular flexibility index (Phi) is 4.35. The zero-order valence-corrected chi connectivity index (χ0v) is 8.90. The summed E-state index contributed by atoms with van der Waals surface area (Å²) >= 11 is 0. The van der Waals surface area contributed by atoms with Crippen molar-refractivity contribution in [3.05, 3.63) is 0 Å². The van der Waals surface area contributed by atoms with E-state index in [4.69, 9.17) is 9.84 Å². The fourth-order valence-corrected chi connectivity index (χ4v) is 1.89. The molecule has 1 saturated heterocycles. The van der Waals surface area contributed by atoms with E-state index in [1.165, 1.54) is 0 Å². The Morgan fingerprint density at radius 2 is 2.36 bits per heavy atom. The summed E-state index contributed by atoms with van der Waals surface area (Å²) in [6.45, 7) is 2.98. The zero-order chi connectivity index (χ0) is 10.6. The molecule has 1 heterocycles. The summed E-state index contributed by atoms with van der Waals surface area (Å²) in [5.74, 6) is -0.757. The predicted molar refractivity (Wildman–Crippen MR) is 53.3 cm³/mol. The van der Waals surface area contributed by atoms with Gasteiger partial charge < -0.3 is 9.84 Å². The van der Waals surface area contributed by atoms with Crippen LogP contribution in [0.4, 0.5) is 0 Å². The van der Waals surface area contributed by atoms with Crippen molar-refractivity contribution >= 4 is 5.97 Å². The van der Waals surface area contributed by atoms with Crippen LogP contribution in [0.3, 0.4) is 0 Å². The number of carbonyl (C=O) groups is 1. The number of rotatable bonds is 4. The summed E-state index contributed by atoms with van der Waals surface area (Å²) in [7, 11) is 1.87. The van der Waals surface area contributed by atoms with Gasteiger partial charge in [0, 0.05) is 12.6 Å². The number of carboxylic acid groups (broad SMARTS) is 1. The lowest BCUT2D eigenvalue weighted by molar-refractivity contribution is -0.139. The van der Waals surface area contributed by atoms with E-state index in [2.05, 4.69) is 6.92 Å². The molecule has 82 valence electrons. The van der Waals surface area contributed by atoms with Crippen LogP contribution in [-0.4, -0.2) is 48.3 Å². The van der Waals surface area contributed by atoms with Crippen molar-refractivity contribution in [3.8, 4) is 0 Å². The van der Waals surface area contributed by atoms with Gasteiger partial charge in [-0.2, -0.15) is 0 Å². The van der Waals surface area contributed by atoms with Gasteiger partial charge in [0.1, 0.15) is 0 Å². The van der Waals surface area contributed by atoms with Crippen molar-refractivity contribution in [2.45, 2.75) is 38.3 Å². The molecule has 0 aliphatic carbocycles. The third kappa shape index (κ3) is 3.27. The van der Waals surface area contributed by atoms with E-state index >= 15 is 0 Å². The Morgan fingerprint density at radius 3 is 2.93 bits per heavy atom. The molecule has 0 aromatic rings. The molecule has 0 amide bonds. The molecule has 0 bridgehead atoms. The van der Waals surface area contributed by atoms with Crippen LogP contribution >= 0.6 is 0 Å². The lowest BCUT2D eigenvalue weighted by Crippen LogP contribution is -2.42. The lowest BCUT2D eigenvalue weighted by atomic mass is 10.0. The normalized spacial score (nSPS) is 27.9. The average molecular weight is 201 g/mol. The van der Waals surface area contributed by atoms with Gasteiger partial charge in [0.15, 0.2) is 0 Å². The second kappa shape index (κ2) is 5.32. The number of hydrogen-bond acceptors (Lipinski definition) is 3. The molecule has 1 aliphatic heterocycles. The fraction of sp³-hybridized carbons (Fsp3) is 0.900. The molecule has 1 N–H and O–H groups in total. The van der Waals surface area contributed by atoms with Crippen molar-refractivity contribution < 1.29 is 14.6 Å². The average Bonchev–Trinajstić information content (AvgIpc) is 2.17. The summed E-state index contributed by atoms with van der Waals surface area (Å²) in [6.07, 6.45) is 3.22. The van der Waals surface area contributed by atoms with Gasteiger partial charge in [0.25, 0.3) is 0 Å². The minimum absolute atomic E-state index is 0.126. The molecule has 0 aromatic carbocycles. The molecular formula is C10H19NO3. The van der Waals surface area contributed by atoms with Crippen molar-refractivity contribution in [1.29, 1.82) is 0 Å². The molecule has 0 radical (unpaired) electrons. The third-order valence-corrected chi connectivity index (χ3v) is 2.80. The molecule has 14 heavy (non-hydrogen) atoms. The van der Waals surface area contributed by atoms with Crippen LogP contribution in [0, 0.1) is 0 Å². The molecule has 0 saturated carbocycles. The zero-order valence-electron chi connectivity index (χ0n) is 8.90. The van der Waals surface area contributed by atoms with Gasteiger partial charge in [0.2, 0.25) is 0 Å². The number of nitrogens with zero attached hydrogens (tertiary/aromatic N) is 1. The fourth-order valence-electron chi connectivity index (χ4n) is 1.89. The van der Waals surface area contributed by atoms with Crippen LogP contribution in [0.2, 0.25) is 0 Å². The molecule has 1 fully saturated rings. The maximum absolute atomic E-state index is 10.5. The maximum Gasteiger partial charge on any atom is 0.317 e. The molecule has 2 atom stereocenters. The molecule has 0 spiro atoms. The predicted octanol–water partition coefficient (Wildman–Crippen LogP) is 0.960. The summed E-state index contributed by atoms with van der Waals surface area (Å²) in [6, 6.07) is 0.366. The molecule has 0 aromatic heterocycles. The van der Waals surface area contributed by atoms with Gasteiger partial charge in [-0.3, -0.25) is 9.69 Å². The van der Waals surface area contributed by atoms with E-state index in [-0.39, 0.29) is 6.54 Å². The molecular weight excluding hydrogens is 182 g/mol. The van der Waals surface area contributed by atoms with Crippen LogP contribution in [0.1, 0.15) is 26.2 Å².